The summed E-state index contributed by atoms with van der Waals surface area (Å²) in [5.74, 6) is 1.05. The van der Waals surface area contributed by atoms with Gasteiger partial charge < -0.3 is 19.5 Å². The molecule has 3 aliphatic rings. The molecule has 3 aliphatic heterocycles. The van der Waals surface area contributed by atoms with Gasteiger partial charge in [0.25, 0.3) is 0 Å². The summed E-state index contributed by atoms with van der Waals surface area (Å²) < 4.78 is 17.5. The van der Waals surface area contributed by atoms with Crippen molar-refractivity contribution < 1.29 is 14.2 Å². The number of benzene rings is 1. The van der Waals surface area contributed by atoms with Gasteiger partial charge in [0.2, 0.25) is 0 Å². The third-order valence-corrected chi connectivity index (χ3v) is 4.91. The van der Waals surface area contributed by atoms with E-state index < -0.39 is 0 Å². The van der Waals surface area contributed by atoms with Crippen LogP contribution in [0.5, 0.6) is 5.75 Å². The Kier molecular flexibility index (Phi) is 3.61. The van der Waals surface area contributed by atoms with Crippen molar-refractivity contribution in [2.24, 2.45) is 0 Å². The summed E-state index contributed by atoms with van der Waals surface area (Å²) in [7, 11) is 0. The van der Waals surface area contributed by atoms with E-state index in [2.05, 4.69) is 23.5 Å². The Morgan fingerprint density at radius 2 is 2.19 bits per heavy atom. The first-order valence-electron chi connectivity index (χ1n) is 8.03. The minimum atomic E-state index is -0.0184. The van der Waals surface area contributed by atoms with Crippen LogP contribution in [0.2, 0.25) is 0 Å². The monoisotopic (exact) mass is 289 g/mol. The van der Waals surface area contributed by atoms with E-state index in [9.17, 15) is 0 Å². The highest BCUT2D eigenvalue weighted by Crippen LogP contribution is 2.33. The lowest BCUT2D eigenvalue weighted by molar-refractivity contribution is -0.0897. The number of fused-ring (bicyclic) bond motifs is 1. The lowest BCUT2D eigenvalue weighted by Crippen LogP contribution is -2.49. The maximum atomic E-state index is 6.00. The molecule has 3 atom stereocenters. The fourth-order valence-electron chi connectivity index (χ4n) is 3.73. The van der Waals surface area contributed by atoms with E-state index >= 15 is 0 Å². The van der Waals surface area contributed by atoms with E-state index in [1.54, 1.807) is 0 Å². The third-order valence-electron chi connectivity index (χ3n) is 4.91. The summed E-state index contributed by atoms with van der Waals surface area (Å²) in [6.45, 7) is 3.35. The summed E-state index contributed by atoms with van der Waals surface area (Å²) in [5, 5.41) is 3.69. The van der Waals surface area contributed by atoms with Gasteiger partial charge in [-0.3, -0.25) is 0 Å². The zero-order valence-electron chi connectivity index (χ0n) is 12.3. The van der Waals surface area contributed by atoms with Crippen molar-refractivity contribution in [3.8, 4) is 5.75 Å². The topological polar surface area (TPSA) is 39.7 Å². The van der Waals surface area contributed by atoms with E-state index in [4.69, 9.17) is 14.2 Å². The van der Waals surface area contributed by atoms with Crippen molar-refractivity contribution in [3.05, 3.63) is 29.8 Å². The van der Waals surface area contributed by atoms with Crippen LogP contribution >= 0.6 is 0 Å². The molecule has 1 aromatic rings. The Morgan fingerprint density at radius 1 is 1.24 bits per heavy atom. The molecule has 0 radical (unpaired) electrons. The lowest BCUT2D eigenvalue weighted by atomic mass is 9.89. The van der Waals surface area contributed by atoms with Crippen LogP contribution in [0.1, 0.15) is 24.8 Å². The number of para-hydroxylation sites is 1. The second-order valence-electron chi connectivity index (χ2n) is 6.48. The van der Waals surface area contributed by atoms with Crippen LogP contribution in [0.3, 0.4) is 0 Å². The van der Waals surface area contributed by atoms with E-state index in [-0.39, 0.29) is 11.7 Å². The SMILES string of the molecule is c1ccc2c(c1)CC(CNC1CCOC3(CCOC3)C1)O2. The van der Waals surface area contributed by atoms with Gasteiger partial charge in [-0.05, 0) is 24.5 Å². The molecule has 3 heterocycles. The summed E-state index contributed by atoms with van der Waals surface area (Å²) >= 11 is 0. The molecule has 21 heavy (non-hydrogen) atoms. The van der Waals surface area contributed by atoms with Crippen molar-refractivity contribution in [1.82, 2.24) is 5.32 Å². The Balaban J connectivity index is 1.30. The van der Waals surface area contributed by atoms with Gasteiger partial charge in [-0.2, -0.15) is 0 Å². The number of hydrogen-bond acceptors (Lipinski definition) is 4. The van der Waals surface area contributed by atoms with Crippen LogP contribution in [0.4, 0.5) is 0 Å². The highest BCUT2D eigenvalue weighted by molar-refractivity contribution is 5.37. The fraction of sp³-hybridized carbons (Fsp3) is 0.647. The molecule has 3 unspecified atom stereocenters. The summed E-state index contributed by atoms with van der Waals surface area (Å²) in [6.07, 6.45) is 4.46. The minimum absolute atomic E-state index is 0.0184. The fourth-order valence-corrected chi connectivity index (χ4v) is 3.73. The molecular weight excluding hydrogens is 266 g/mol. The molecule has 0 aromatic heterocycles. The summed E-state index contributed by atoms with van der Waals surface area (Å²) in [5.41, 5.74) is 1.31. The highest BCUT2D eigenvalue weighted by Gasteiger charge is 2.41. The molecule has 4 nitrogen and oxygen atoms in total. The van der Waals surface area contributed by atoms with Gasteiger partial charge in [0.15, 0.2) is 0 Å². The van der Waals surface area contributed by atoms with Crippen LogP contribution in [0.25, 0.3) is 0 Å². The van der Waals surface area contributed by atoms with Crippen LogP contribution in [0.15, 0.2) is 24.3 Å². The second-order valence-corrected chi connectivity index (χ2v) is 6.48. The average Bonchev–Trinajstić information content (AvgIpc) is 3.12. The Morgan fingerprint density at radius 3 is 3.05 bits per heavy atom. The quantitative estimate of drug-likeness (QED) is 0.923. The zero-order chi connectivity index (χ0) is 14.1. The van der Waals surface area contributed by atoms with Crippen molar-refractivity contribution in [2.75, 3.05) is 26.4 Å². The molecule has 2 saturated heterocycles. The van der Waals surface area contributed by atoms with Gasteiger partial charge in [-0.25, -0.2) is 0 Å². The first-order valence-corrected chi connectivity index (χ1v) is 8.03. The Labute approximate surface area is 125 Å². The average molecular weight is 289 g/mol. The molecule has 2 fully saturated rings. The molecule has 1 spiro atoms. The van der Waals surface area contributed by atoms with Crippen LogP contribution in [-0.4, -0.2) is 44.1 Å². The van der Waals surface area contributed by atoms with Gasteiger partial charge in [0.1, 0.15) is 11.9 Å². The van der Waals surface area contributed by atoms with Crippen LogP contribution in [-0.2, 0) is 15.9 Å². The molecule has 1 N–H and O–H groups in total. The number of nitrogens with one attached hydrogen (secondary N) is 1. The molecule has 0 aliphatic carbocycles. The number of hydrogen-bond donors (Lipinski definition) is 1. The van der Waals surface area contributed by atoms with E-state index in [1.165, 1.54) is 5.56 Å². The summed E-state index contributed by atoms with van der Waals surface area (Å²) in [6, 6.07) is 8.87. The predicted molar refractivity (Wildman–Crippen MR) is 79.7 cm³/mol. The Bertz CT molecular complexity index is 474. The molecule has 114 valence electrons. The molecule has 0 saturated carbocycles. The van der Waals surface area contributed by atoms with Crippen LogP contribution in [0, 0.1) is 0 Å². The van der Waals surface area contributed by atoms with Gasteiger partial charge >= 0.3 is 0 Å². The second kappa shape index (κ2) is 5.59. The van der Waals surface area contributed by atoms with E-state index in [1.807, 2.05) is 6.07 Å². The van der Waals surface area contributed by atoms with Crippen molar-refractivity contribution in [3.63, 3.8) is 0 Å². The largest absolute Gasteiger partial charge is 0.488 e. The van der Waals surface area contributed by atoms with Crippen molar-refractivity contribution >= 4 is 0 Å². The van der Waals surface area contributed by atoms with Gasteiger partial charge in [-0.1, -0.05) is 18.2 Å². The molecule has 1 aromatic carbocycles. The van der Waals surface area contributed by atoms with Gasteiger partial charge in [-0.15, -0.1) is 0 Å². The predicted octanol–water partition coefficient (Wildman–Crippen LogP) is 1.92. The smallest absolute Gasteiger partial charge is 0.123 e. The zero-order valence-corrected chi connectivity index (χ0v) is 12.3. The highest BCUT2D eigenvalue weighted by atomic mass is 16.6. The summed E-state index contributed by atoms with van der Waals surface area (Å²) in [4.78, 5) is 0. The normalized spacial score (nSPS) is 34.9. The molecule has 4 heteroatoms. The maximum absolute atomic E-state index is 6.00. The number of ether oxygens (including phenoxy) is 3. The number of rotatable bonds is 3. The van der Waals surface area contributed by atoms with Gasteiger partial charge in [0.05, 0.1) is 12.2 Å². The van der Waals surface area contributed by atoms with E-state index in [0.29, 0.717) is 6.04 Å². The third kappa shape index (κ3) is 2.80. The van der Waals surface area contributed by atoms with E-state index in [0.717, 1.165) is 57.8 Å². The molecular formula is C17H23NO3. The van der Waals surface area contributed by atoms with Gasteiger partial charge in [0, 0.05) is 38.6 Å². The molecule has 0 amide bonds. The molecule has 0 bridgehead atoms. The first kappa shape index (κ1) is 13.6. The molecule has 4 rings (SSSR count). The van der Waals surface area contributed by atoms with Crippen molar-refractivity contribution in [2.45, 2.75) is 43.4 Å². The van der Waals surface area contributed by atoms with Crippen molar-refractivity contribution in [1.29, 1.82) is 0 Å². The minimum Gasteiger partial charge on any atom is -0.488 e. The Hall–Kier alpha value is -1.10. The van der Waals surface area contributed by atoms with Crippen LogP contribution < -0.4 is 10.1 Å². The lowest BCUT2D eigenvalue weighted by Gasteiger charge is -2.37. The standard InChI is InChI=1S/C17H23NO3/c1-2-4-16-13(3-1)9-15(21-16)11-18-14-5-7-20-17(10-14)6-8-19-12-17/h1-4,14-15,18H,5-12H2. The first-order chi connectivity index (χ1) is 10.3. The maximum Gasteiger partial charge on any atom is 0.123 e.